The van der Waals surface area contributed by atoms with Crippen LogP contribution in [-0.2, 0) is 9.59 Å². The monoisotopic (exact) mass is 447 g/mol. The molecule has 1 N–H and O–H groups in total. The standard InChI is InChI=1S/C26H25NO6/c1-4-31-20-8-5-7-17(15-20)24(28)22-23(21-9-6-14-32-21)27(26(30)25(22)29)18-10-12-19(13-11-18)33-16(2)3/h5-16,23,28H,4H2,1-3H3/b24-22-. The van der Waals surface area contributed by atoms with E-state index in [0.717, 1.165) is 0 Å². The minimum absolute atomic E-state index is 0.000600. The number of benzene rings is 2. The number of hydrogen-bond acceptors (Lipinski definition) is 6. The van der Waals surface area contributed by atoms with Gasteiger partial charge in [-0.05, 0) is 69.3 Å². The second kappa shape index (κ2) is 9.24. The fourth-order valence-corrected chi connectivity index (χ4v) is 3.83. The largest absolute Gasteiger partial charge is 0.507 e. The molecule has 1 amide bonds. The number of aliphatic hydroxyl groups is 1. The van der Waals surface area contributed by atoms with E-state index in [2.05, 4.69) is 0 Å². The molecule has 0 bridgehead atoms. The van der Waals surface area contributed by atoms with Crippen molar-refractivity contribution in [2.45, 2.75) is 32.9 Å². The van der Waals surface area contributed by atoms with Crippen molar-refractivity contribution in [2.75, 3.05) is 11.5 Å². The summed E-state index contributed by atoms with van der Waals surface area (Å²) in [4.78, 5) is 27.6. The van der Waals surface area contributed by atoms with Crippen LogP contribution in [0, 0.1) is 0 Å². The molecule has 1 atom stereocenters. The number of carbonyl (C=O) groups is 2. The molecule has 1 saturated heterocycles. The van der Waals surface area contributed by atoms with Crippen molar-refractivity contribution in [2.24, 2.45) is 0 Å². The molecule has 0 spiro atoms. The molecule has 1 aliphatic rings. The number of ketones is 1. The molecule has 1 fully saturated rings. The number of rotatable bonds is 7. The van der Waals surface area contributed by atoms with Gasteiger partial charge in [-0.15, -0.1) is 0 Å². The summed E-state index contributed by atoms with van der Waals surface area (Å²) in [6, 6.07) is 16.0. The van der Waals surface area contributed by atoms with Crippen LogP contribution in [0.4, 0.5) is 5.69 Å². The fourth-order valence-electron chi connectivity index (χ4n) is 3.83. The SMILES string of the molecule is CCOc1cccc(/C(O)=C2/C(=O)C(=O)N(c3ccc(OC(C)C)cc3)C2c2ccco2)c1. The van der Waals surface area contributed by atoms with Gasteiger partial charge in [0, 0.05) is 11.3 Å². The van der Waals surface area contributed by atoms with Gasteiger partial charge in [0.2, 0.25) is 0 Å². The molecular formula is C26H25NO6. The summed E-state index contributed by atoms with van der Waals surface area (Å²) in [5, 5.41) is 11.1. The molecule has 170 valence electrons. The van der Waals surface area contributed by atoms with Gasteiger partial charge in [-0.3, -0.25) is 14.5 Å². The lowest BCUT2D eigenvalue weighted by Gasteiger charge is -2.23. The van der Waals surface area contributed by atoms with E-state index in [-0.39, 0.29) is 17.4 Å². The van der Waals surface area contributed by atoms with Crippen LogP contribution in [0.15, 0.2) is 76.9 Å². The van der Waals surface area contributed by atoms with Gasteiger partial charge in [-0.2, -0.15) is 0 Å². The van der Waals surface area contributed by atoms with Gasteiger partial charge in [0.1, 0.15) is 29.1 Å². The zero-order valence-corrected chi connectivity index (χ0v) is 18.6. The van der Waals surface area contributed by atoms with Crippen molar-refractivity contribution < 1.29 is 28.6 Å². The number of furan rings is 1. The predicted molar refractivity (Wildman–Crippen MR) is 123 cm³/mol. The Hall–Kier alpha value is -4.00. The minimum Gasteiger partial charge on any atom is -0.507 e. The molecule has 33 heavy (non-hydrogen) atoms. The Morgan fingerprint density at radius 3 is 2.45 bits per heavy atom. The Morgan fingerprint density at radius 2 is 1.82 bits per heavy atom. The molecule has 1 aliphatic heterocycles. The van der Waals surface area contributed by atoms with E-state index in [9.17, 15) is 14.7 Å². The number of nitrogens with zero attached hydrogens (tertiary/aromatic N) is 1. The highest BCUT2D eigenvalue weighted by molar-refractivity contribution is 6.51. The molecule has 2 heterocycles. The van der Waals surface area contributed by atoms with Crippen molar-refractivity contribution in [3.8, 4) is 11.5 Å². The predicted octanol–water partition coefficient (Wildman–Crippen LogP) is 5.09. The fraction of sp³-hybridized carbons (Fsp3) is 0.231. The van der Waals surface area contributed by atoms with Gasteiger partial charge in [0.05, 0.1) is 24.5 Å². The van der Waals surface area contributed by atoms with Gasteiger partial charge >= 0.3 is 0 Å². The lowest BCUT2D eigenvalue weighted by Crippen LogP contribution is -2.29. The number of amides is 1. The number of hydrogen-bond donors (Lipinski definition) is 1. The van der Waals surface area contributed by atoms with E-state index in [1.54, 1.807) is 60.7 Å². The highest BCUT2D eigenvalue weighted by atomic mass is 16.5. The van der Waals surface area contributed by atoms with Crippen LogP contribution in [0.1, 0.15) is 38.1 Å². The Bertz CT molecular complexity index is 1180. The first-order valence-electron chi connectivity index (χ1n) is 10.7. The lowest BCUT2D eigenvalue weighted by molar-refractivity contribution is -0.132. The average molecular weight is 447 g/mol. The van der Waals surface area contributed by atoms with Crippen molar-refractivity contribution in [3.63, 3.8) is 0 Å². The molecule has 4 rings (SSSR count). The maximum Gasteiger partial charge on any atom is 0.300 e. The van der Waals surface area contributed by atoms with Crippen molar-refractivity contribution in [1.29, 1.82) is 0 Å². The zero-order chi connectivity index (χ0) is 23.5. The van der Waals surface area contributed by atoms with Gasteiger partial charge in [0.15, 0.2) is 0 Å². The zero-order valence-electron chi connectivity index (χ0n) is 18.6. The Kier molecular flexibility index (Phi) is 6.22. The normalized spacial score (nSPS) is 17.6. The summed E-state index contributed by atoms with van der Waals surface area (Å²) in [6.07, 6.45) is 1.46. The molecule has 0 saturated carbocycles. The molecule has 7 nitrogen and oxygen atoms in total. The molecule has 1 aromatic heterocycles. The van der Waals surface area contributed by atoms with Gasteiger partial charge < -0.3 is 19.0 Å². The van der Waals surface area contributed by atoms with E-state index in [4.69, 9.17) is 13.9 Å². The Morgan fingerprint density at radius 1 is 1.06 bits per heavy atom. The summed E-state index contributed by atoms with van der Waals surface area (Å²) in [6.45, 7) is 6.15. The van der Waals surface area contributed by atoms with Crippen LogP contribution < -0.4 is 14.4 Å². The average Bonchev–Trinajstić information content (AvgIpc) is 3.41. The minimum atomic E-state index is -0.924. The van der Waals surface area contributed by atoms with Crippen molar-refractivity contribution >= 4 is 23.1 Å². The van der Waals surface area contributed by atoms with E-state index < -0.39 is 17.7 Å². The second-order valence-electron chi connectivity index (χ2n) is 7.81. The number of carbonyl (C=O) groups excluding carboxylic acids is 2. The first kappa shape index (κ1) is 22.2. The maximum atomic E-state index is 13.1. The molecular weight excluding hydrogens is 422 g/mol. The van der Waals surface area contributed by atoms with Crippen LogP contribution in [-0.4, -0.2) is 29.5 Å². The highest BCUT2D eigenvalue weighted by Gasteiger charge is 2.48. The Balaban J connectivity index is 1.81. The Labute approximate surface area is 191 Å². The van der Waals surface area contributed by atoms with Crippen molar-refractivity contribution in [1.82, 2.24) is 0 Å². The van der Waals surface area contributed by atoms with E-state index in [1.165, 1.54) is 11.2 Å². The quantitative estimate of drug-likeness (QED) is 0.308. The third kappa shape index (κ3) is 4.35. The number of Topliss-reactive ketones (excluding diaryl/α,β-unsaturated/α-hetero) is 1. The number of anilines is 1. The van der Waals surface area contributed by atoms with Crippen LogP contribution in [0.25, 0.3) is 5.76 Å². The van der Waals surface area contributed by atoms with Gasteiger partial charge in [0.25, 0.3) is 11.7 Å². The first-order valence-corrected chi connectivity index (χ1v) is 10.7. The summed E-state index contributed by atoms with van der Waals surface area (Å²) in [7, 11) is 0. The first-order chi connectivity index (χ1) is 15.9. The maximum absolute atomic E-state index is 13.1. The highest BCUT2D eigenvalue weighted by Crippen LogP contribution is 2.42. The van der Waals surface area contributed by atoms with Crippen LogP contribution >= 0.6 is 0 Å². The van der Waals surface area contributed by atoms with Crippen LogP contribution in [0.5, 0.6) is 11.5 Å². The van der Waals surface area contributed by atoms with Gasteiger partial charge in [-0.25, -0.2) is 0 Å². The molecule has 0 aliphatic carbocycles. The molecule has 3 aromatic rings. The lowest BCUT2D eigenvalue weighted by atomic mass is 9.99. The second-order valence-corrected chi connectivity index (χ2v) is 7.81. The number of aliphatic hydroxyl groups excluding tert-OH is 1. The van der Waals surface area contributed by atoms with E-state index in [0.29, 0.717) is 35.1 Å². The van der Waals surface area contributed by atoms with Gasteiger partial charge in [-0.1, -0.05) is 12.1 Å². The smallest absolute Gasteiger partial charge is 0.300 e. The van der Waals surface area contributed by atoms with E-state index >= 15 is 0 Å². The molecule has 2 aromatic carbocycles. The topological polar surface area (TPSA) is 89.2 Å². The van der Waals surface area contributed by atoms with Crippen LogP contribution in [0.2, 0.25) is 0 Å². The summed E-state index contributed by atoms with van der Waals surface area (Å²) in [5.74, 6) is -0.286. The summed E-state index contributed by atoms with van der Waals surface area (Å²) in [5.41, 5.74) is 0.805. The third-order valence-electron chi connectivity index (χ3n) is 5.16. The molecule has 0 radical (unpaired) electrons. The van der Waals surface area contributed by atoms with Crippen LogP contribution in [0.3, 0.4) is 0 Å². The number of ether oxygens (including phenoxy) is 2. The molecule has 7 heteroatoms. The molecule has 1 unspecified atom stereocenters. The summed E-state index contributed by atoms with van der Waals surface area (Å²) >= 11 is 0. The third-order valence-corrected chi connectivity index (χ3v) is 5.16. The van der Waals surface area contributed by atoms with Crippen molar-refractivity contribution in [3.05, 3.63) is 83.8 Å². The van der Waals surface area contributed by atoms with E-state index in [1.807, 2.05) is 20.8 Å². The summed E-state index contributed by atoms with van der Waals surface area (Å²) < 4.78 is 16.8.